The number of hydrogen-bond acceptors (Lipinski definition) is 1. The fourth-order valence-electron chi connectivity index (χ4n) is 3.30. The minimum Gasteiger partial charge on any atom is -0.337 e. The molecule has 2 heteroatoms. The number of imidazole rings is 1. The molecule has 2 aromatic carbocycles. The van der Waals surface area contributed by atoms with Crippen molar-refractivity contribution >= 4 is 0 Å². The van der Waals surface area contributed by atoms with Crippen molar-refractivity contribution in [1.82, 2.24) is 9.55 Å². The van der Waals surface area contributed by atoms with Gasteiger partial charge in [0.1, 0.15) is 0 Å². The second-order valence-electron chi connectivity index (χ2n) is 6.74. The Kier molecular flexibility index (Phi) is 5.47. The van der Waals surface area contributed by atoms with Crippen LogP contribution < -0.4 is 0 Å². The summed E-state index contributed by atoms with van der Waals surface area (Å²) in [6.45, 7) is 5.52. The van der Waals surface area contributed by atoms with Crippen LogP contribution in [0.15, 0.2) is 73.3 Å². The molecule has 3 aromatic rings. The summed E-state index contributed by atoms with van der Waals surface area (Å²) in [6, 6.07) is 19.8. The summed E-state index contributed by atoms with van der Waals surface area (Å²) >= 11 is 0. The minimum atomic E-state index is 0.525. The van der Waals surface area contributed by atoms with Gasteiger partial charge >= 0.3 is 0 Å². The first-order valence-corrected chi connectivity index (χ1v) is 8.78. The molecule has 0 amide bonds. The highest BCUT2D eigenvalue weighted by Gasteiger charge is 2.19. The lowest BCUT2D eigenvalue weighted by molar-refractivity contribution is 0.359. The third kappa shape index (κ3) is 4.35. The highest BCUT2D eigenvalue weighted by Crippen LogP contribution is 2.29. The van der Waals surface area contributed by atoms with Crippen LogP contribution in [0.1, 0.15) is 36.0 Å². The molecule has 0 N–H and O–H groups in total. The molecule has 124 valence electrons. The van der Waals surface area contributed by atoms with E-state index in [0.717, 1.165) is 13.0 Å². The minimum absolute atomic E-state index is 0.525. The van der Waals surface area contributed by atoms with Gasteiger partial charge in [0.25, 0.3) is 0 Å². The number of aryl methyl sites for hydroxylation is 2. The van der Waals surface area contributed by atoms with Gasteiger partial charge in [-0.3, -0.25) is 0 Å². The number of hydrogen-bond donors (Lipinski definition) is 0. The Balaban J connectivity index is 1.74. The fourth-order valence-corrected chi connectivity index (χ4v) is 3.30. The smallest absolute Gasteiger partial charge is 0.0946 e. The summed E-state index contributed by atoms with van der Waals surface area (Å²) in [5.74, 6) is 1.11. The van der Waals surface area contributed by atoms with E-state index in [1.54, 1.807) is 0 Å². The van der Waals surface area contributed by atoms with E-state index in [9.17, 15) is 0 Å². The predicted octanol–water partition coefficient (Wildman–Crippen LogP) is 5.24. The highest BCUT2D eigenvalue weighted by atomic mass is 15.0. The van der Waals surface area contributed by atoms with Crippen LogP contribution in [0.25, 0.3) is 0 Å². The van der Waals surface area contributed by atoms with Gasteiger partial charge in [-0.2, -0.15) is 0 Å². The van der Waals surface area contributed by atoms with Gasteiger partial charge in [0.2, 0.25) is 0 Å². The van der Waals surface area contributed by atoms with Crippen molar-refractivity contribution in [3.63, 3.8) is 0 Å². The van der Waals surface area contributed by atoms with E-state index in [4.69, 9.17) is 0 Å². The van der Waals surface area contributed by atoms with Gasteiger partial charge < -0.3 is 4.57 Å². The molecule has 0 bridgehead atoms. The van der Waals surface area contributed by atoms with Gasteiger partial charge in [0.15, 0.2) is 0 Å². The maximum atomic E-state index is 4.20. The van der Waals surface area contributed by atoms with Crippen molar-refractivity contribution < 1.29 is 0 Å². The molecule has 2 unspecified atom stereocenters. The van der Waals surface area contributed by atoms with Crippen LogP contribution in [0, 0.1) is 12.8 Å². The maximum absolute atomic E-state index is 4.20. The molecule has 0 saturated carbocycles. The second kappa shape index (κ2) is 7.96. The zero-order chi connectivity index (χ0) is 16.8. The largest absolute Gasteiger partial charge is 0.337 e. The number of aromatic nitrogens is 2. The first-order chi connectivity index (χ1) is 11.7. The van der Waals surface area contributed by atoms with Crippen LogP contribution in [-0.2, 0) is 13.0 Å². The summed E-state index contributed by atoms with van der Waals surface area (Å²) in [5.41, 5.74) is 4.17. The zero-order valence-electron chi connectivity index (χ0n) is 14.6. The molecule has 0 fully saturated rings. The highest BCUT2D eigenvalue weighted by molar-refractivity contribution is 5.25. The first-order valence-electron chi connectivity index (χ1n) is 8.78. The third-order valence-corrected chi connectivity index (χ3v) is 4.96. The van der Waals surface area contributed by atoms with Gasteiger partial charge in [-0.1, -0.05) is 67.1 Å². The van der Waals surface area contributed by atoms with Crippen LogP contribution >= 0.6 is 0 Å². The molecule has 1 heterocycles. The Labute approximate surface area is 145 Å². The maximum Gasteiger partial charge on any atom is 0.0946 e. The lowest BCUT2D eigenvalue weighted by atomic mass is 9.83. The second-order valence-corrected chi connectivity index (χ2v) is 6.74. The Hall–Kier alpha value is -2.35. The summed E-state index contributed by atoms with van der Waals surface area (Å²) in [4.78, 5) is 4.20. The van der Waals surface area contributed by atoms with Crippen LogP contribution in [0.4, 0.5) is 0 Å². The van der Waals surface area contributed by atoms with E-state index < -0.39 is 0 Å². The van der Waals surface area contributed by atoms with Gasteiger partial charge in [-0.15, -0.1) is 0 Å². The van der Waals surface area contributed by atoms with Crippen molar-refractivity contribution in [2.24, 2.45) is 5.92 Å². The molecular weight excluding hydrogens is 292 g/mol. The molecule has 2 nitrogen and oxygen atoms in total. The first kappa shape index (κ1) is 16.5. The van der Waals surface area contributed by atoms with Crippen LogP contribution in [0.5, 0.6) is 0 Å². The third-order valence-electron chi connectivity index (χ3n) is 4.96. The van der Waals surface area contributed by atoms with Crippen molar-refractivity contribution in [1.29, 1.82) is 0 Å². The number of nitrogens with zero attached hydrogens (tertiary/aromatic N) is 2. The van der Waals surface area contributed by atoms with Crippen LogP contribution in [0.3, 0.4) is 0 Å². The van der Waals surface area contributed by atoms with Crippen molar-refractivity contribution in [3.8, 4) is 0 Å². The standard InChI is InChI=1S/C22H26N2/c1-18-8-11-21(12-9-18)19(2)22(16-24-15-14-23-17-24)13-10-20-6-4-3-5-7-20/h3-9,11-12,14-15,17,19,22H,10,13,16H2,1-2H3. The number of benzene rings is 2. The van der Waals surface area contributed by atoms with Crippen LogP contribution in [0.2, 0.25) is 0 Å². The molecule has 0 aliphatic heterocycles. The molecule has 0 radical (unpaired) electrons. The lowest BCUT2D eigenvalue weighted by Crippen LogP contribution is -2.17. The molecule has 0 spiro atoms. The molecule has 3 rings (SSSR count). The molecule has 1 aromatic heterocycles. The Bertz CT molecular complexity index is 714. The molecule has 0 aliphatic rings. The molecule has 24 heavy (non-hydrogen) atoms. The molecule has 0 aliphatic carbocycles. The van der Waals surface area contributed by atoms with Crippen molar-refractivity contribution in [3.05, 3.63) is 90.0 Å². The Morgan fingerprint density at radius 1 is 1.00 bits per heavy atom. The monoisotopic (exact) mass is 318 g/mol. The van der Waals surface area contributed by atoms with E-state index in [1.807, 2.05) is 12.5 Å². The van der Waals surface area contributed by atoms with Gasteiger partial charge in [0.05, 0.1) is 6.33 Å². The zero-order valence-corrected chi connectivity index (χ0v) is 14.6. The van der Waals surface area contributed by atoms with E-state index >= 15 is 0 Å². The average molecular weight is 318 g/mol. The van der Waals surface area contributed by atoms with Gasteiger partial charge in [-0.05, 0) is 42.7 Å². The Morgan fingerprint density at radius 3 is 2.42 bits per heavy atom. The summed E-state index contributed by atoms with van der Waals surface area (Å²) in [5, 5.41) is 0. The van der Waals surface area contributed by atoms with E-state index in [-0.39, 0.29) is 0 Å². The summed E-state index contributed by atoms with van der Waals surface area (Å²) < 4.78 is 2.21. The summed E-state index contributed by atoms with van der Waals surface area (Å²) in [6.07, 6.45) is 8.16. The van der Waals surface area contributed by atoms with Crippen molar-refractivity contribution in [2.75, 3.05) is 0 Å². The van der Waals surface area contributed by atoms with Crippen LogP contribution in [-0.4, -0.2) is 9.55 Å². The average Bonchev–Trinajstić information content (AvgIpc) is 3.13. The molecule has 2 atom stereocenters. The van der Waals surface area contributed by atoms with E-state index in [2.05, 4.69) is 84.2 Å². The molecule has 0 saturated heterocycles. The quantitative estimate of drug-likeness (QED) is 0.582. The normalized spacial score (nSPS) is 13.6. The van der Waals surface area contributed by atoms with Gasteiger partial charge in [-0.25, -0.2) is 4.98 Å². The van der Waals surface area contributed by atoms with E-state index in [0.29, 0.717) is 11.8 Å². The fraction of sp³-hybridized carbons (Fsp3) is 0.318. The van der Waals surface area contributed by atoms with Gasteiger partial charge in [0, 0.05) is 18.9 Å². The predicted molar refractivity (Wildman–Crippen MR) is 100 cm³/mol. The topological polar surface area (TPSA) is 17.8 Å². The summed E-state index contributed by atoms with van der Waals surface area (Å²) in [7, 11) is 0. The Morgan fingerprint density at radius 2 is 1.75 bits per heavy atom. The van der Waals surface area contributed by atoms with Crippen molar-refractivity contribution in [2.45, 2.75) is 39.2 Å². The SMILES string of the molecule is Cc1ccc(C(C)C(CCc2ccccc2)Cn2ccnc2)cc1. The molecular formula is C22H26N2. The van der Waals surface area contributed by atoms with E-state index in [1.165, 1.54) is 23.1 Å². The lowest BCUT2D eigenvalue weighted by Gasteiger charge is -2.25. The number of rotatable bonds is 7.